The monoisotopic (exact) mass is 579 g/mol. The number of hydrogen-bond acceptors (Lipinski definition) is 6. The number of carbonyl (C=O) groups excluding carboxylic acids is 2. The predicted molar refractivity (Wildman–Crippen MR) is 147 cm³/mol. The predicted octanol–water partition coefficient (Wildman–Crippen LogP) is 6.64. The Morgan fingerprint density at radius 1 is 0.951 bits per heavy atom. The molecule has 2 aromatic rings. The molecule has 0 bridgehead atoms. The third kappa shape index (κ3) is 7.40. The second-order valence-corrected chi connectivity index (χ2v) is 10.8. The standard InChI is InChI=1S/C31H40F3NO6/c1-7-38-28(36)27(39-29(37)35(20(2)3)21(4)5)26-22(6)25(19-18-23-14-10-8-11-15-23)40-30(41-26,31(32,33)34)24-16-12-9-13-17-24/h8-17,20-22,25-27H,7,18-19H2,1-6H3/t22-,25?,26?,27?,30-/m1/s1. The maximum Gasteiger partial charge on any atom is 0.448 e. The van der Waals surface area contributed by atoms with Crippen LogP contribution in [0.5, 0.6) is 0 Å². The van der Waals surface area contributed by atoms with Crippen molar-refractivity contribution in [1.82, 2.24) is 4.90 Å². The number of aryl methyl sites for hydroxylation is 1. The van der Waals surface area contributed by atoms with Gasteiger partial charge in [0.25, 0.3) is 5.79 Å². The van der Waals surface area contributed by atoms with Crippen LogP contribution in [0.15, 0.2) is 60.7 Å². The van der Waals surface area contributed by atoms with E-state index in [4.69, 9.17) is 18.9 Å². The molecule has 10 heteroatoms. The first-order valence-electron chi connectivity index (χ1n) is 14.0. The van der Waals surface area contributed by atoms with Gasteiger partial charge in [-0.3, -0.25) is 0 Å². The van der Waals surface area contributed by atoms with Crippen LogP contribution in [-0.4, -0.2) is 60.1 Å². The Hall–Kier alpha value is -3.11. The average Bonchev–Trinajstić information content (AvgIpc) is 2.91. The molecule has 1 aliphatic heterocycles. The molecular formula is C31H40F3NO6. The molecular weight excluding hydrogens is 539 g/mol. The van der Waals surface area contributed by atoms with Gasteiger partial charge in [0.05, 0.1) is 12.7 Å². The van der Waals surface area contributed by atoms with E-state index < -0.39 is 48.3 Å². The van der Waals surface area contributed by atoms with E-state index in [1.165, 1.54) is 29.2 Å². The Morgan fingerprint density at radius 2 is 1.51 bits per heavy atom. The van der Waals surface area contributed by atoms with Crippen LogP contribution >= 0.6 is 0 Å². The summed E-state index contributed by atoms with van der Waals surface area (Å²) in [6, 6.07) is 15.7. The average molecular weight is 580 g/mol. The second kappa shape index (κ2) is 13.7. The van der Waals surface area contributed by atoms with Crippen molar-refractivity contribution in [3.8, 4) is 0 Å². The topological polar surface area (TPSA) is 74.3 Å². The van der Waals surface area contributed by atoms with Crippen molar-refractivity contribution in [1.29, 1.82) is 0 Å². The number of esters is 1. The molecule has 0 saturated carbocycles. The molecule has 7 nitrogen and oxygen atoms in total. The Balaban J connectivity index is 2.10. The first kappa shape index (κ1) is 32.4. The van der Waals surface area contributed by atoms with Gasteiger partial charge in [0, 0.05) is 23.6 Å². The maximum atomic E-state index is 15.1. The molecule has 0 N–H and O–H groups in total. The Bertz CT molecular complexity index is 1120. The summed E-state index contributed by atoms with van der Waals surface area (Å²) in [5, 5.41) is 0. The fraction of sp³-hybridized carbons (Fsp3) is 0.548. The van der Waals surface area contributed by atoms with Crippen molar-refractivity contribution in [2.45, 2.75) is 96.7 Å². The highest BCUT2D eigenvalue weighted by atomic mass is 19.4. The lowest BCUT2D eigenvalue weighted by atomic mass is 9.87. The summed E-state index contributed by atoms with van der Waals surface area (Å²) in [7, 11) is 0. The van der Waals surface area contributed by atoms with E-state index in [2.05, 4.69) is 0 Å². The maximum absolute atomic E-state index is 15.1. The van der Waals surface area contributed by atoms with Crippen LogP contribution in [0.25, 0.3) is 0 Å². The fourth-order valence-electron chi connectivity index (χ4n) is 5.22. The van der Waals surface area contributed by atoms with Gasteiger partial charge in [-0.15, -0.1) is 0 Å². The third-order valence-corrected chi connectivity index (χ3v) is 7.18. The molecule has 0 aliphatic carbocycles. The molecule has 1 aliphatic rings. The lowest BCUT2D eigenvalue weighted by molar-refractivity contribution is -0.448. The summed E-state index contributed by atoms with van der Waals surface area (Å²) < 4.78 is 67.7. The van der Waals surface area contributed by atoms with Crippen LogP contribution in [0.1, 0.15) is 59.1 Å². The molecule has 1 saturated heterocycles. The number of rotatable bonds is 10. The summed E-state index contributed by atoms with van der Waals surface area (Å²) in [6.45, 7) is 10.2. The molecule has 1 fully saturated rings. The van der Waals surface area contributed by atoms with Gasteiger partial charge in [-0.05, 0) is 53.0 Å². The van der Waals surface area contributed by atoms with Crippen LogP contribution in [0.2, 0.25) is 0 Å². The van der Waals surface area contributed by atoms with Crippen molar-refractivity contribution in [3.63, 3.8) is 0 Å². The van der Waals surface area contributed by atoms with E-state index in [1.807, 2.05) is 30.3 Å². The summed E-state index contributed by atoms with van der Waals surface area (Å²) in [6.07, 6.45) is -9.59. The largest absolute Gasteiger partial charge is 0.463 e. The first-order valence-corrected chi connectivity index (χ1v) is 14.0. The van der Waals surface area contributed by atoms with Gasteiger partial charge in [-0.1, -0.05) is 67.6 Å². The van der Waals surface area contributed by atoms with Crippen LogP contribution in [0, 0.1) is 5.92 Å². The molecule has 0 radical (unpaired) electrons. The van der Waals surface area contributed by atoms with E-state index in [9.17, 15) is 9.59 Å². The molecule has 1 heterocycles. The zero-order valence-electron chi connectivity index (χ0n) is 24.4. The van der Waals surface area contributed by atoms with E-state index in [1.54, 1.807) is 47.6 Å². The number of amides is 1. The van der Waals surface area contributed by atoms with E-state index in [0.717, 1.165) is 5.56 Å². The Morgan fingerprint density at radius 3 is 2.02 bits per heavy atom. The molecule has 5 atom stereocenters. The minimum atomic E-state index is -5.04. The Labute approximate surface area is 239 Å². The minimum absolute atomic E-state index is 0.0664. The minimum Gasteiger partial charge on any atom is -0.463 e. The SMILES string of the molecule is CCOC(=O)C(OC(=O)N(C(C)C)C(C)C)C1O[C@](c2ccccc2)(C(F)(F)F)OC(CCc2ccccc2)[C@H]1C. The number of nitrogens with zero attached hydrogens (tertiary/aromatic N) is 1. The summed E-state index contributed by atoms with van der Waals surface area (Å²) in [4.78, 5) is 28.0. The zero-order valence-corrected chi connectivity index (χ0v) is 24.4. The van der Waals surface area contributed by atoms with Crippen LogP contribution in [-0.2, 0) is 35.9 Å². The quantitative estimate of drug-likeness (QED) is 0.294. The van der Waals surface area contributed by atoms with Gasteiger partial charge in [0.2, 0.25) is 6.10 Å². The number of carbonyl (C=O) groups is 2. The molecule has 226 valence electrons. The highest BCUT2D eigenvalue weighted by molar-refractivity contribution is 5.79. The van der Waals surface area contributed by atoms with Crippen molar-refractivity contribution < 1.29 is 41.7 Å². The number of benzene rings is 2. The van der Waals surface area contributed by atoms with Crippen LogP contribution in [0.4, 0.5) is 18.0 Å². The molecule has 1 amide bonds. The van der Waals surface area contributed by atoms with Gasteiger partial charge in [0.1, 0.15) is 6.10 Å². The van der Waals surface area contributed by atoms with Gasteiger partial charge in [-0.2, -0.15) is 13.2 Å². The molecule has 41 heavy (non-hydrogen) atoms. The number of halogens is 3. The van der Waals surface area contributed by atoms with E-state index >= 15 is 13.2 Å². The van der Waals surface area contributed by atoms with Crippen molar-refractivity contribution >= 4 is 12.1 Å². The van der Waals surface area contributed by atoms with Crippen LogP contribution < -0.4 is 0 Å². The van der Waals surface area contributed by atoms with Crippen molar-refractivity contribution in [2.75, 3.05) is 6.61 Å². The smallest absolute Gasteiger partial charge is 0.448 e. The summed E-state index contributed by atoms with van der Waals surface area (Å²) in [5.41, 5.74) is 0.635. The molecule has 2 aromatic carbocycles. The van der Waals surface area contributed by atoms with Gasteiger partial charge >= 0.3 is 18.2 Å². The number of hydrogen-bond donors (Lipinski definition) is 0. The fourth-order valence-corrected chi connectivity index (χ4v) is 5.22. The van der Waals surface area contributed by atoms with Gasteiger partial charge in [0.15, 0.2) is 0 Å². The lowest BCUT2D eigenvalue weighted by Crippen LogP contribution is -2.62. The molecule has 3 unspecified atom stereocenters. The van der Waals surface area contributed by atoms with Crippen molar-refractivity contribution in [2.24, 2.45) is 5.92 Å². The third-order valence-electron chi connectivity index (χ3n) is 7.18. The Kier molecular flexibility index (Phi) is 10.8. The van der Waals surface area contributed by atoms with E-state index in [-0.39, 0.29) is 30.7 Å². The highest BCUT2D eigenvalue weighted by Crippen LogP contribution is 2.50. The summed E-state index contributed by atoms with van der Waals surface area (Å²) >= 11 is 0. The highest BCUT2D eigenvalue weighted by Gasteiger charge is 2.66. The summed E-state index contributed by atoms with van der Waals surface area (Å²) in [5.74, 6) is -4.98. The van der Waals surface area contributed by atoms with Crippen LogP contribution in [0.3, 0.4) is 0 Å². The van der Waals surface area contributed by atoms with Gasteiger partial charge < -0.3 is 23.8 Å². The van der Waals surface area contributed by atoms with E-state index in [0.29, 0.717) is 6.42 Å². The van der Waals surface area contributed by atoms with Crippen molar-refractivity contribution in [3.05, 3.63) is 71.8 Å². The lowest BCUT2D eigenvalue weighted by Gasteiger charge is -2.49. The van der Waals surface area contributed by atoms with Gasteiger partial charge in [-0.25, -0.2) is 9.59 Å². The number of alkyl halides is 3. The second-order valence-electron chi connectivity index (χ2n) is 10.8. The molecule has 3 rings (SSSR count). The first-order chi connectivity index (χ1) is 19.3. The molecule has 0 aromatic heterocycles. The molecule has 0 spiro atoms. The zero-order chi connectivity index (χ0) is 30.4. The number of ether oxygens (including phenoxy) is 4. The normalized spacial score (nSPS) is 23.7.